The van der Waals surface area contributed by atoms with Gasteiger partial charge in [0.1, 0.15) is 12.2 Å². The van der Waals surface area contributed by atoms with Gasteiger partial charge < -0.3 is 24.8 Å². The summed E-state index contributed by atoms with van der Waals surface area (Å²) in [4.78, 5) is 0. The molecular weight excluding hydrogens is 200 g/mol. The lowest BCUT2D eigenvalue weighted by atomic mass is 9.92. The number of rotatable bonds is 3. The Morgan fingerprint density at radius 1 is 1.27 bits per heavy atom. The third-order valence-corrected chi connectivity index (χ3v) is 2.59. The topological polar surface area (TPSA) is 79.2 Å². The first kappa shape index (κ1) is 12.9. The molecule has 1 aliphatic heterocycles. The van der Waals surface area contributed by atoms with Gasteiger partial charge >= 0.3 is 0 Å². The molecule has 3 N–H and O–H groups in total. The Bertz CT molecular complexity index is 194. The summed E-state index contributed by atoms with van der Waals surface area (Å²) in [7, 11) is 0. The van der Waals surface area contributed by atoms with Crippen LogP contribution in [0.2, 0.25) is 0 Å². The summed E-state index contributed by atoms with van der Waals surface area (Å²) in [5, 5.41) is 28.2. The summed E-state index contributed by atoms with van der Waals surface area (Å²) in [6.45, 7) is 5.14. The van der Waals surface area contributed by atoms with E-state index in [2.05, 4.69) is 0 Å². The molecular formula is C10H20O5. The predicted octanol–water partition coefficient (Wildman–Crippen LogP) is -0.514. The second kappa shape index (κ2) is 5.23. The minimum absolute atomic E-state index is 0.0285. The molecule has 0 aromatic heterocycles. The first-order valence-corrected chi connectivity index (χ1v) is 5.25. The SMILES string of the molecule is CC(C)OC1OC(CO)C(O)C(O)C1C. The summed E-state index contributed by atoms with van der Waals surface area (Å²) in [5.41, 5.74) is 0. The molecule has 1 saturated heterocycles. The second-order valence-corrected chi connectivity index (χ2v) is 4.25. The van der Waals surface area contributed by atoms with Gasteiger partial charge in [0.15, 0.2) is 6.29 Å². The van der Waals surface area contributed by atoms with Gasteiger partial charge in [0, 0.05) is 5.92 Å². The van der Waals surface area contributed by atoms with Crippen LogP contribution in [0.15, 0.2) is 0 Å². The summed E-state index contributed by atoms with van der Waals surface area (Å²) >= 11 is 0. The first-order valence-electron chi connectivity index (χ1n) is 5.25. The average Bonchev–Trinajstić information content (AvgIpc) is 2.18. The lowest BCUT2D eigenvalue weighted by Crippen LogP contribution is -2.55. The summed E-state index contributed by atoms with van der Waals surface area (Å²) in [6.07, 6.45) is -3.38. The predicted molar refractivity (Wildman–Crippen MR) is 53.1 cm³/mol. The molecule has 0 amide bonds. The van der Waals surface area contributed by atoms with Gasteiger partial charge in [-0.15, -0.1) is 0 Å². The van der Waals surface area contributed by atoms with Crippen LogP contribution in [0.3, 0.4) is 0 Å². The first-order chi connectivity index (χ1) is 6.97. The van der Waals surface area contributed by atoms with E-state index in [0.717, 1.165) is 0 Å². The zero-order valence-electron chi connectivity index (χ0n) is 9.33. The van der Waals surface area contributed by atoms with Crippen LogP contribution in [-0.2, 0) is 9.47 Å². The fourth-order valence-corrected chi connectivity index (χ4v) is 1.64. The quantitative estimate of drug-likeness (QED) is 0.597. The van der Waals surface area contributed by atoms with Gasteiger partial charge in [-0.3, -0.25) is 0 Å². The Hall–Kier alpha value is -0.200. The van der Waals surface area contributed by atoms with Crippen LogP contribution in [0, 0.1) is 5.92 Å². The molecule has 5 nitrogen and oxygen atoms in total. The van der Waals surface area contributed by atoms with Gasteiger partial charge in [-0.2, -0.15) is 0 Å². The standard InChI is InChI=1S/C10H20O5/c1-5(2)14-10-6(3)8(12)9(13)7(4-11)15-10/h5-13H,4H2,1-3H3. The Labute approximate surface area is 89.6 Å². The van der Waals surface area contributed by atoms with Crippen LogP contribution >= 0.6 is 0 Å². The van der Waals surface area contributed by atoms with Gasteiger partial charge in [-0.05, 0) is 13.8 Å². The van der Waals surface area contributed by atoms with Crippen molar-refractivity contribution in [2.75, 3.05) is 6.61 Å². The Balaban J connectivity index is 2.65. The lowest BCUT2D eigenvalue weighted by Gasteiger charge is -2.41. The zero-order chi connectivity index (χ0) is 11.6. The molecule has 0 spiro atoms. The van der Waals surface area contributed by atoms with Gasteiger partial charge in [0.05, 0.1) is 18.8 Å². The van der Waals surface area contributed by atoms with Crippen molar-refractivity contribution in [3.8, 4) is 0 Å². The highest BCUT2D eigenvalue weighted by molar-refractivity contribution is 4.86. The highest BCUT2D eigenvalue weighted by Gasteiger charge is 2.42. The van der Waals surface area contributed by atoms with E-state index in [9.17, 15) is 10.2 Å². The molecule has 0 bridgehead atoms. The van der Waals surface area contributed by atoms with Gasteiger partial charge in [0.25, 0.3) is 0 Å². The molecule has 5 unspecified atom stereocenters. The van der Waals surface area contributed by atoms with Gasteiger partial charge in [-0.1, -0.05) is 6.92 Å². The highest BCUT2D eigenvalue weighted by atomic mass is 16.7. The summed E-state index contributed by atoms with van der Waals surface area (Å²) < 4.78 is 10.8. The molecule has 1 heterocycles. The van der Waals surface area contributed by atoms with Gasteiger partial charge in [-0.25, -0.2) is 0 Å². The molecule has 15 heavy (non-hydrogen) atoms. The number of aliphatic hydroxyl groups excluding tert-OH is 3. The van der Waals surface area contributed by atoms with Crippen molar-refractivity contribution in [3.63, 3.8) is 0 Å². The van der Waals surface area contributed by atoms with E-state index >= 15 is 0 Å². The van der Waals surface area contributed by atoms with Crippen LogP contribution in [0.5, 0.6) is 0 Å². The van der Waals surface area contributed by atoms with Crippen molar-refractivity contribution >= 4 is 0 Å². The van der Waals surface area contributed by atoms with E-state index in [0.29, 0.717) is 0 Å². The highest BCUT2D eigenvalue weighted by Crippen LogP contribution is 2.27. The second-order valence-electron chi connectivity index (χ2n) is 4.25. The van der Waals surface area contributed by atoms with Crippen LogP contribution in [0.1, 0.15) is 20.8 Å². The molecule has 0 radical (unpaired) electrons. The lowest BCUT2D eigenvalue weighted by molar-refractivity contribution is -0.290. The molecule has 1 aliphatic rings. The maximum absolute atomic E-state index is 9.71. The molecule has 5 atom stereocenters. The van der Waals surface area contributed by atoms with Crippen LogP contribution in [0.25, 0.3) is 0 Å². The van der Waals surface area contributed by atoms with E-state index in [1.165, 1.54) is 0 Å². The minimum Gasteiger partial charge on any atom is -0.394 e. The molecule has 5 heteroatoms. The van der Waals surface area contributed by atoms with E-state index in [1.807, 2.05) is 13.8 Å². The number of hydrogen-bond donors (Lipinski definition) is 3. The number of hydrogen-bond acceptors (Lipinski definition) is 5. The van der Waals surface area contributed by atoms with Gasteiger partial charge in [0.2, 0.25) is 0 Å². The monoisotopic (exact) mass is 220 g/mol. The van der Waals surface area contributed by atoms with Crippen molar-refractivity contribution < 1.29 is 24.8 Å². The zero-order valence-corrected chi connectivity index (χ0v) is 9.33. The third kappa shape index (κ3) is 2.89. The Morgan fingerprint density at radius 2 is 1.87 bits per heavy atom. The normalized spacial score (nSPS) is 42.2. The Morgan fingerprint density at radius 3 is 2.33 bits per heavy atom. The molecule has 0 saturated carbocycles. The third-order valence-electron chi connectivity index (χ3n) is 2.59. The average molecular weight is 220 g/mol. The maximum atomic E-state index is 9.71. The van der Waals surface area contributed by atoms with Crippen molar-refractivity contribution in [1.29, 1.82) is 0 Å². The van der Waals surface area contributed by atoms with Crippen LogP contribution < -0.4 is 0 Å². The molecule has 90 valence electrons. The number of ether oxygens (including phenoxy) is 2. The fourth-order valence-electron chi connectivity index (χ4n) is 1.64. The van der Waals surface area contributed by atoms with E-state index in [1.54, 1.807) is 6.92 Å². The molecule has 1 rings (SSSR count). The minimum atomic E-state index is -1.06. The fraction of sp³-hybridized carbons (Fsp3) is 1.00. The van der Waals surface area contributed by atoms with Crippen LogP contribution in [-0.4, -0.2) is 52.6 Å². The van der Waals surface area contributed by atoms with E-state index < -0.39 is 24.6 Å². The van der Waals surface area contributed by atoms with E-state index in [4.69, 9.17) is 14.6 Å². The molecule has 1 fully saturated rings. The largest absolute Gasteiger partial charge is 0.394 e. The van der Waals surface area contributed by atoms with Crippen molar-refractivity contribution in [3.05, 3.63) is 0 Å². The Kier molecular flexibility index (Phi) is 4.48. The van der Waals surface area contributed by atoms with E-state index in [-0.39, 0.29) is 18.6 Å². The van der Waals surface area contributed by atoms with Crippen molar-refractivity contribution in [2.45, 2.75) is 51.5 Å². The van der Waals surface area contributed by atoms with Crippen molar-refractivity contribution in [1.82, 2.24) is 0 Å². The maximum Gasteiger partial charge on any atom is 0.163 e. The number of aliphatic hydroxyl groups is 3. The smallest absolute Gasteiger partial charge is 0.163 e. The summed E-state index contributed by atoms with van der Waals surface area (Å²) in [5.74, 6) is -0.315. The molecule has 0 aromatic carbocycles. The summed E-state index contributed by atoms with van der Waals surface area (Å²) in [6, 6.07) is 0. The molecule has 0 aromatic rings. The molecule has 0 aliphatic carbocycles. The van der Waals surface area contributed by atoms with Crippen molar-refractivity contribution in [2.24, 2.45) is 5.92 Å². The van der Waals surface area contributed by atoms with Crippen LogP contribution in [0.4, 0.5) is 0 Å².